The van der Waals surface area contributed by atoms with Crippen molar-refractivity contribution in [2.45, 2.75) is 26.7 Å². The number of aryl methyl sites for hydroxylation is 1. The predicted octanol–water partition coefficient (Wildman–Crippen LogP) is 4.93. The van der Waals surface area contributed by atoms with Crippen LogP contribution in [0.5, 0.6) is 0 Å². The van der Waals surface area contributed by atoms with E-state index in [1.165, 1.54) is 11.9 Å². The van der Waals surface area contributed by atoms with Gasteiger partial charge in [-0.3, -0.25) is 0 Å². The van der Waals surface area contributed by atoms with Gasteiger partial charge in [-0.25, -0.2) is 9.97 Å². The predicted molar refractivity (Wildman–Crippen MR) is 121 cm³/mol. The molecule has 1 fully saturated rings. The lowest BCUT2D eigenvalue weighted by molar-refractivity contribution is 0.181. The van der Waals surface area contributed by atoms with Crippen molar-refractivity contribution in [1.29, 1.82) is 0 Å². The highest BCUT2D eigenvalue weighted by atomic mass is 15.1. The van der Waals surface area contributed by atoms with Gasteiger partial charge in [0.05, 0.1) is 18.2 Å². The topological polar surface area (TPSA) is 46.0 Å². The number of hydrogen-bond acceptors (Lipinski definition) is 4. The zero-order chi connectivity index (χ0) is 20.4. The lowest BCUT2D eigenvalue weighted by atomic mass is 9.93. The SMILES string of the molecule is C=C(Nc1cc2cc(-c3cncn3C)ccc2cn1)C1CCN(CC(C)C)CC1. The maximum atomic E-state index is 4.61. The van der Waals surface area contributed by atoms with Gasteiger partial charge in [0.1, 0.15) is 5.82 Å². The first-order chi connectivity index (χ1) is 14.0. The molecule has 3 aromatic rings. The van der Waals surface area contributed by atoms with Crippen LogP contribution in [0.4, 0.5) is 5.82 Å². The molecule has 0 atom stereocenters. The number of benzene rings is 1. The number of hydrogen-bond donors (Lipinski definition) is 1. The van der Waals surface area contributed by atoms with Crippen molar-refractivity contribution in [2.24, 2.45) is 18.9 Å². The van der Waals surface area contributed by atoms with Gasteiger partial charge in [-0.05, 0) is 49.4 Å². The van der Waals surface area contributed by atoms with Crippen LogP contribution in [0.2, 0.25) is 0 Å². The number of pyridine rings is 1. The van der Waals surface area contributed by atoms with E-state index < -0.39 is 0 Å². The fourth-order valence-corrected chi connectivity index (χ4v) is 4.25. The molecule has 0 spiro atoms. The second-order valence-electron chi connectivity index (χ2n) is 8.64. The smallest absolute Gasteiger partial charge is 0.130 e. The van der Waals surface area contributed by atoms with Gasteiger partial charge in [0.2, 0.25) is 0 Å². The van der Waals surface area contributed by atoms with Gasteiger partial charge in [0, 0.05) is 42.4 Å². The molecule has 1 aliphatic rings. The Morgan fingerprint density at radius 3 is 2.66 bits per heavy atom. The Morgan fingerprint density at radius 2 is 1.97 bits per heavy atom. The average Bonchev–Trinajstić information content (AvgIpc) is 3.13. The van der Waals surface area contributed by atoms with E-state index in [1.54, 1.807) is 0 Å². The number of piperidine rings is 1. The first-order valence-corrected chi connectivity index (χ1v) is 10.5. The Bertz CT molecular complexity index is 995. The number of likely N-dealkylation sites (tertiary alicyclic amines) is 1. The van der Waals surface area contributed by atoms with E-state index in [4.69, 9.17) is 0 Å². The molecule has 5 heteroatoms. The molecule has 0 amide bonds. The van der Waals surface area contributed by atoms with Crippen LogP contribution in [0, 0.1) is 11.8 Å². The van der Waals surface area contributed by atoms with Crippen molar-refractivity contribution in [3.8, 4) is 11.3 Å². The summed E-state index contributed by atoms with van der Waals surface area (Å²) in [6.45, 7) is 12.4. The van der Waals surface area contributed by atoms with E-state index >= 15 is 0 Å². The molecule has 152 valence electrons. The molecule has 2 aromatic heterocycles. The first-order valence-electron chi connectivity index (χ1n) is 10.5. The monoisotopic (exact) mass is 389 g/mol. The number of imidazole rings is 1. The van der Waals surface area contributed by atoms with Crippen LogP contribution in [-0.2, 0) is 7.05 Å². The van der Waals surface area contributed by atoms with E-state index in [1.807, 2.05) is 30.3 Å². The molecule has 1 N–H and O–H groups in total. The van der Waals surface area contributed by atoms with Crippen molar-refractivity contribution < 1.29 is 0 Å². The van der Waals surface area contributed by atoms with Gasteiger partial charge in [0.15, 0.2) is 0 Å². The third-order valence-corrected chi connectivity index (χ3v) is 5.83. The number of anilines is 1. The summed E-state index contributed by atoms with van der Waals surface area (Å²) >= 11 is 0. The van der Waals surface area contributed by atoms with E-state index in [0.29, 0.717) is 5.92 Å². The van der Waals surface area contributed by atoms with E-state index in [2.05, 4.69) is 64.9 Å². The normalized spacial score (nSPS) is 15.9. The fourth-order valence-electron chi connectivity index (χ4n) is 4.25. The molecular formula is C24H31N5. The average molecular weight is 390 g/mol. The Labute approximate surface area is 173 Å². The molecule has 5 nitrogen and oxygen atoms in total. The molecule has 0 radical (unpaired) electrons. The maximum absolute atomic E-state index is 4.61. The molecule has 0 saturated carbocycles. The first kappa shape index (κ1) is 19.6. The van der Waals surface area contributed by atoms with Crippen LogP contribution in [0.3, 0.4) is 0 Å². The van der Waals surface area contributed by atoms with E-state index in [0.717, 1.165) is 60.0 Å². The van der Waals surface area contributed by atoms with Crippen molar-refractivity contribution in [3.63, 3.8) is 0 Å². The molecule has 0 bridgehead atoms. The molecule has 0 unspecified atom stereocenters. The van der Waals surface area contributed by atoms with Crippen molar-refractivity contribution in [1.82, 2.24) is 19.4 Å². The molecular weight excluding hydrogens is 358 g/mol. The minimum atomic E-state index is 0.511. The summed E-state index contributed by atoms with van der Waals surface area (Å²) < 4.78 is 2.04. The molecule has 1 aliphatic heterocycles. The maximum Gasteiger partial charge on any atom is 0.130 e. The van der Waals surface area contributed by atoms with Gasteiger partial charge in [-0.1, -0.05) is 32.6 Å². The number of nitrogens with zero attached hydrogens (tertiary/aromatic N) is 4. The summed E-state index contributed by atoms with van der Waals surface area (Å²) in [4.78, 5) is 11.4. The fraction of sp³-hybridized carbons (Fsp3) is 0.417. The summed E-state index contributed by atoms with van der Waals surface area (Å²) in [6.07, 6.45) is 7.99. The minimum Gasteiger partial charge on any atom is -0.344 e. The zero-order valence-electron chi connectivity index (χ0n) is 17.7. The number of nitrogens with one attached hydrogen (secondary N) is 1. The molecule has 1 aromatic carbocycles. The number of fused-ring (bicyclic) bond motifs is 1. The highest BCUT2D eigenvalue weighted by molar-refractivity contribution is 5.88. The highest BCUT2D eigenvalue weighted by Gasteiger charge is 2.22. The minimum absolute atomic E-state index is 0.511. The van der Waals surface area contributed by atoms with Crippen molar-refractivity contribution in [2.75, 3.05) is 25.0 Å². The number of rotatable bonds is 6. The number of aromatic nitrogens is 3. The quantitative estimate of drug-likeness (QED) is 0.649. The van der Waals surface area contributed by atoms with Crippen molar-refractivity contribution in [3.05, 3.63) is 55.3 Å². The number of allylic oxidation sites excluding steroid dienone is 1. The summed E-state index contributed by atoms with van der Waals surface area (Å²) in [5.74, 6) is 2.11. The Kier molecular flexibility index (Phi) is 5.67. The summed E-state index contributed by atoms with van der Waals surface area (Å²) in [6, 6.07) is 8.56. The van der Waals surface area contributed by atoms with Gasteiger partial charge < -0.3 is 14.8 Å². The van der Waals surface area contributed by atoms with Crippen LogP contribution in [0.15, 0.2) is 55.3 Å². The van der Waals surface area contributed by atoms with Crippen LogP contribution < -0.4 is 5.32 Å². The van der Waals surface area contributed by atoms with Gasteiger partial charge in [0.25, 0.3) is 0 Å². The third-order valence-electron chi connectivity index (χ3n) is 5.83. The van der Waals surface area contributed by atoms with Gasteiger partial charge in [-0.15, -0.1) is 0 Å². The molecule has 3 heterocycles. The van der Waals surface area contributed by atoms with E-state index in [9.17, 15) is 0 Å². The Balaban J connectivity index is 1.45. The highest BCUT2D eigenvalue weighted by Crippen LogP contribution is 2.28. The van der Waals surface area contributed by atoms with Crippen LogP contribution in [-0.4, -0.2) is 39.1 Å². The standard InChI is InChI=1S/C24H31N5/c1-17(2)15-29-9-7-19(8-10-29)18(3)27-24-12-22-11-20(5-6-21(22)13-26-24)23-14-25-16-28(23)4/h5-6,11-14,16-17,19H,3,7-10,15H2,1-2,4H3,(H,26,27). The van der Waals surface area contributed by atoms with E-state index in [-0.39, 0.29) is 0 Å². The molecule has 4 rings (SSSR count). The Hall–Kier alpha value is -2.66. The summed E-state index contributed by atoms with van der Waals surface area (Å²) in [7, 11) is 2.02. The molecule has 1 saturated heterocycles. The largest absolute Gasteiger partial charge is 0.344 e. The second kappa shape index (κ2) is 8.37. The molecule has 0 aliphatic carbocycles. The Morgan fingerprint density at radius 1 is 1.17 bits per heavy atom. The van der Waals surface area contributed by atoms with Gasteiger partial charge >= 0.3 is 0 Å². The second-order valence-corrected chi connectivity index (χ2v) is 8.64. The summed E-state index contributed by atoms with van der Waals surface area (Å²) in [5.41, 5.74) is 3.35. The summed E-state index contributed by atoms with van der Waals surface area (Å²) in [5, 5.41) is 5.78. The lowest BCUT2D eigenvalue weighted by Crippen LogP contribution is -2.37. The van der Waals surface area contributed by atoms with Crippen molar-refractivity contribution >= 4 is 16.6 Å². The zero-order valence-corrected chi connectivity index (χ0v) is 17.7. The van der Waals surface area contributed by atoms with Crippen LogP contribution in [0.25, 0.3) is 22.0 Å². The van der Waals surface area contributed by atoms with Crippen LogP contribution >= 0.6 is 0 Å². The molecule has 29 heavy (non-hydrogen) atoms. The van der Waals surface area contributed by atoms with Gasteiger partial charge in [-0.2, -0.15) is 0 Å². The van der Waals surface area contributed by atoms with Crippen LogP contribution in [0.1, 0.15) is 26.7 Å². The third kappa shape index (κ3) is 4.51. The lowest BCUT2D eigenvalue weighted by Gasteiger charge is -2.33.